The summed E-state index contributed by atoms with van der Waals surface area (Å²) in [6.45, 7) is 6.92. The Hall–Kier alpha value is -2.17. The first-order chi connectivity index (χ1) is 9.69. The van der Waals surface area contributed by atoms with Gasteiger partial charge >= 0.3 is 0 Å². The molecule has 0 aromatic heterocycles. The molecule has 0 saturated carbocycles. The standard InChI is InChI=1S/C16H21NO4/c1-5-16(3,4)15(21)17-12-8-6-11(7-9-12)13(18)10(2)14(19)20/h6-10H,5H2,1-4H3,(H,17,21)(H,19,20)/p-1. The second-order valence-electron chi connectivity index (χ2n) is 5.67. The van der Waals surface area contributed by atoms with Gasteiger partial charge in [-0.1, -0.05) is 20.8 Å². The molecule has 1 unspecified atom stereocenters. The van der Waals surface area contributed by atoms with E-state index in [1.807, 2.05) is 20.8 Å². The van der Waals surface area contributed by atoms with E-state index in [-0.39, 0.29) is 11.5 Å². The number of carboxylic acids is 1. The Balaban J connectivity index is 2.82. The summed E-state index contributed by atoms with van der Waals surface area (Å²) in [4.78, 5) is 34.5. The van der Waals surface area contributed by atoms with Crippen LogP contribution in [0.4, 0.5) is 5.69 Å². The molecule has 0 aliphatic heterocycles. The first-order valence-corrected chi connectivity index (χ1v) is 6.85. The summed E-state index contributed by atoms with van der Waals surface area (Å²) in [5.74, 6) is -3.21. The van der Waals surface area contributed by atoms with Gasteiger partial charge < -0.3 is 15.2 Å². The third-order valence-electron chi connectivity index (χ3n) is 3.67. The van der Waals surface area contributed by atoms with E-state index < -0.39 is 23.1 Å². The molecular formula is C16H20NO4-. The number of hydrogen-bond acceptors (Lipinski definition) is 4. The van der Waals surface area contributed by atoms with Gasteiger partial charge in [0.2, 0.25) is 5.91 Å². The quantitative estimate of drug-likeness (QED) is 0.637. The van der Waals surface area contributed by atoms with Gasteiger partial charge in [0.25, 0.3) is 0 Å². The molecule has 5 nitrogen and oxygen atoms in total. The van der Waals surface area contributed by atoms with Gasteiger partial charge in [-0.2, -0.15) is 0 Å². The third-order valence-corrected chi connectivity index (χ3v) is 3.67. The lowest BCUT2D eigenvalue weighted by atomic mass is 9.89. The molecule has 0 heterocycles. The van der Waals surface area contributed by atoms with Crippen molar-refractivity contribution in [1.82, 2.24) is 0 Å². The molecule has 1 aromatic rings. The number of anilines is 1. The Bertz CT molecular complexity index is 546. The smallest absolute Gasteiger partial charge is 0.230 e. The van der Waals surface area contributed by atoms with Crippen molar-refractivity contribution >= 4 is 23.3 Å². The Morgan fingerprint density at radius 3 is 2.14 bits per heavy atom. The second kappa shape index (κ2) is 6.52. The van der Waals surface area contributed by atoms with E-state index in [0.29, 0.717) is 12.1 Å². The van der Waals surface area contributed by atoms with Gasteiger partial charge in [-0.25, -0.2) is 0 Å². The Morgan fingerprint density at radius 2 is 1.71 bits per heavy atom. The molecule has 5 heteroatoms. The number of hydrogen-bond donors (Lipinski definition) is 1. The van der Waals surface area contributed by atoms with Crippen LogP contribution >= 0.6 is 0 Å². The van der Waals surface area contributed by atoms with E-state index in [4.69, 9.17) is 0 Å². The maximum atomic E-state index is 12.0. The van der Waals surface area contributed by atoms with E-state index in [0.717, 1.165) is 0 Å². The highest BCUT2D eigenvalue weighted by Crippen LogP contribution is 2.22. The van der Waals surface area contributed by atoms with Crippen LogP contribution in [0.3, 0.4) is 0 Å². The monoisotopic (exact) mass is 290 g/mol. The molecule has 1 aromatic carbocycles. The zero-order valence-electron chi connectivity index (χ0n) is 12.7. The Kier molecular flexibility index (Phi) is 5.24. The lowest BCUT2D eigenvalue weighted by molar-refractivity contribution is -0.308. The van der Waals surface area contributed by atoms with Gasteiger partial charge in [-0.3, -0.25) is 9.59 Å². The van der Waals surface area contributed by atoms with Crippen LogP contribution in [0.25, 0.3) is 0 Å². The number of ketones is 1. The van der Waals surface area contributed by atoms with Crippen molar-refractivity contribution in [2.45, 2.75) is 34.1 Å². The predicted molar refractivity (Wildman–Crippen MR) is 77.6 cm³/mol. The third kappa shape index (κ3) is 4.15. The van der Waals surface area contributed by atoms with Crippen molar-refractivity contribution in [1.29, 1.82) is 0 Å². The van der Waals surface area contributed by atoms with E-state index in [9.17, 15) is 19.5 Å². The van der Waals surface area contributed by atoms with Crippen LogP contribution in [-0.4, -0.2) is 17.7 Å². The van der Waals surface area contributed by atoms with Crippen LogP contribution in [0.15, 0.2) is 24.3 Å². The van der Waals surface area contributed by atoms with Crippen molar-refractivity contribution in [2.75, 3.05) is 5.32 Å². The molecule has 0 spiro atoms. The van der Waals surface area contributed by atoms with Crippen LogP contribution in [0.2, 0.25) is 0 Å². The summed E-state index contributed by atoms with van der Waals surface area (Å²) in [6, 6.07) is 6.16. The number of amides is 1. The molecule has 1 N–H and O–H groups in total. The van der Waals surface area contributed by atoms with Crippen molar-refractivity contribution in [3.63, 3.8) is 0 Å². The van der Waals surface area contributed by atoms with Crippen molar-refractivity contribution in [3.05, 3.63) is 29.8 Å². The van der Waals surface area contributed by atoms with Gasteiger partial charge in [0.1, 0.15) is 0 Å². The number of Topliss-reactive ketones (excluding diaryl/α,β-unsaturated/α-hetero) is 1. The van der Waals surface area contributed by atoms with Crippen LogP contribution in [0, 0.1) is 11.3 Å². The largest absolute Gasteiger partial charge is 0.549 e. The normalized spacial score (nSPS) is 12.6. The van der Waals surface area contributed by atoms with Gasteiger partial charge in [0, 0.05) is 16.7 Å². The van der Waals surface area contributed by atoms with Crippen molar-refractivity contribution in [2.24, 2.45) is 11.3 Å². The summed E-state index contributed by atoms with van der Waals surface area (Å²) >= 11 is 0. The highest BCUT2D eigenvalue weighted by Gasteiger charge is 2.25. The van der Waals surface area contributed by atoms with Crippen molar-refractivity contribution < 1.29 is 19.5 Å². The number of benzene rings is 1. The van der Waals surface area contributed by atoms with Crippen LogP contribution in [-0.2, 0) is 9.59 Å². The predicted octanol–water partition coefficient (Wildman–Crippen LogP) is 1.63. The zero-order valence-corrected chi connectivity index (χ0v) is 12.7. The SMILES string of the molecule is CCC(C)(C)C(=O)Nc1ccc(C(=O)C(C)C(=O)[O-])cc1. The molecule has 0 aliphatic carbocycles. The summed E-state index contributed by atoms with van der Waals surface area (Å²) in [5.41, 5.74) is 0.372. The van der Waals surface area contributed by atoms with E-state index in [1.54, 1.807) is 12.1 Å². The number of rotatable bonds is 6. The van der Waals surface area contributed by atoms with E-state index in [2.05, 4.69) is 5.32 Å². The molecule has 0 saturated heterocycles. The molecule has 0 radical (unpaired) electrons. The lowest BCUT2D eigenvalue weighted by Crippen LogP contribution is -2.34. The number of carbonyl (C=O) groups excluding carboxylic acids is 3. The first-order valence-electron chi connectivity index (χ1n) is 6.85. The Labute approximate surface area is 124 Å². The molecule has 21 heavy (non-hydrogen) atoms. The number of aliphatic carboxylic acids is 1. The minimum absolute atomic E-state index is 0.104. The molecular weight excluding hydrogens is 270 g/mol. The summed E-state index contributed by atoms with van der Waals surface area (Å²) in [7, 11) is 0. The first kappa shape index (κ1) is 16.9. The van der Waals surface area contributed by atoms with Gasteiger partial charge in [0.05, 0.1) is 11.9 Å². The molecule has 0 fully saturated rings. The fourth-order valence-electron chi connectivity index (χ4n) is 1.54. The van der Waals surface area contributed by atoms with Gasteiger partial charge in [0.15, 0.2) is 5.78 Å². The maximum Gasteiger partial charge on any atom is 0.230 e. The molecule has 0 aliphatic rings. The van der Waals surface area contributed by atoms with Gasteiger partial charge in [-0.05, 0) is 37.6 Å². The minimum Gasteiger partial charge on any atom is -0.549 e. The number of carboxylic acid groups (broad SMARTS) is 1. The van der Waals surface area contributed by atoms with E-state index in [1.165, 1.54) is 19.1 Å². The summed E-state index contributed by atoms with van der Waals surface area (Å²) in [5, 5.41) is 13.5. The molecule has 114 valence electrons. The highest BCUT2D eigenvalue weighted by molar-refractivity contribution is 6.07. The summed E-state index contributed by atoms with van der Waals surface area (Å²) in [6.07, 6.45) is 0.707. The Morgan fingerprint density at radius 1 is 1.19 bits per heavy atom. The average molecular weight is 290 g/mol. The molecule has 1 atom stereocenters. The van der Waals surface area contributed by atoms with Crippen LogP contribution in [0.5, 0.6) is 0 Å². The van der Waals surface area contributed by atoms with Crippen LogP contribution < -0.4 is 10.4 Å². The molecule has 0 bridgehead atoms. The number of nitrogens with one attached hydrogen (secondary N) is 1. The lowest BCUT2D eigenvalue weighted by Gasteiger charge is -2.21. The fourth-order valence-corrected chi connectivity index (χ4v) is 1.54. The second-order valence-corrected chi connectivity index (χ2v) is 5.67. The minimum atomic E-state index is -1.40. The van der Waals surface area contributed by atoms with Crippen molar-refractivity contribution in [3.8, 4) is 0 Å². The zero-order chi connectivity index (χ0) is 16.2. The molecule has 1 rings (SSSR count). The highest BCUT2D eigenvalue weighted by atomic mass is 16.4. The maximum absolute atomic E-state index is 12.0. The fraction of sp³-hybridized carbons (Fsp3) is 0.438. The van der Waals surface area contributed by atoms with E-state index >= 15 is 0 Å². The number of carbonyl (C=O) groups is 3. The molecule has 1 amide bonds. The summed E-state index contributed by atoms with van der Waals surface area (Å²) < 4.78 is 0. The average Bonchev–Trinajstić information content (AvgIpc) is 2.46. The topological polar surface area (TPSA) is 86.3 Å². The van der Waals surface area contributed by atoms with Gasteiger partial charge in [-0.15, -0.1) is 0 Å². The van der Waals surface area contributed by atoms with Crippen LogP contribution in [0.1, 0.15) is 44.5 Å².